The molecule has 1 aromatic heterocycles. The minimum absolute atomic E-state index is 0.373. The number of nitrogens with two attached hydrogens (primary N) is 1. The zero-order valence-electron chi connectivity index (χ0n) is 8.22. The molecule has 2 heteroatoms. The molecule has 2 nitrogen and oxygen atoms in total. The first-order chi connectivity index (χ1) is 5.54. The maximum atomic E-state index is 5.91. The average Bonchev–Trinajstić information content (AvgIpc) is 2.30. The number of furan rings is 1. The minimum Gasteiger partial charge on any atom is -0.467 e. The van der Waals surface area contributed by atoms with Crippen molar-refractivity contribution in [1.29, 1.82) is 0 Å². The molecule has 1 aromatic rings. The fraction of sp³-hybridized carbons (Fsp3) is 0.600. The second-order valence-corrected chi connectivity index (χ2v) is 3.78. The van der Waals surface area contributed by atoms with Crippen molar-refractivity contribution in [2.75, 3.05) is 5.73 Å². The standard InChI is InChI=1S/C10H17NO/c1-6(2)8-5-12-10(7(3)4)9(8)11/h5-7H,11H2,1-4H3. The lowest BCUT2D eigenvalue weighted by molar-refractivity contribution is 0.486. The molecule has 0 spiro atoms. The second-order valence-electron chi connectivity index (χ2n) is 3.78. The predicted molar refractivity (Wildman–Crippen MR) is 51.3 cm³/mol. The van der Waals surface area contributed by atoms with Gasteiger partial charge in [-0.05, 0) is 5.92 Å². The Kier molecular flexibility index (Phi) is 2.46. The number of anilines is 1. The maximum Gasteiger partial charge on any atom is 0.129 e. The van der Waals surface area contributed by atoms with E-state index >= 15 is 0 Å². The lowest BCUT2D eigenvalue weighted by Crippen LogP contribution is -1.96. The highest BCUT2D eigenvalue weighted by Gasteiger charge is 2.14. The molecule has 0 aliphatic carbocycles. The summed E-state index contributed by atoms with van der Waals surface area (Å²) in [6.45, 7) is 8.40. The van der Waals surface area contributed by atoms with Gasteiger partial charge in [0.1, 0.15) is 5.76 Å². The zero-order chi connectivity index (χ0) is 9.30. The van der Waals surface area contributed by atoms with Crippen molar-refractivity contribution in [3.8, 4) is 0 Å². The molecule has 0 saturated heterocycles. The monoisotopic (exact) mass is 167 g/mol. The lowest BCUT2D eigenvalue weighted by Gasteiger charge is -2.04. The Morgan fingerprint density at radius 1 is 1.17 bits per heavy atom. The summed E-state index contributed by atoms with van der Waals surface area (Å²) < 4.78 is 5.39. The predicted octanol–water partition coefficient (Wildman–Crippen LogP) is 3.11. The highest BCUT2D eigenvalue weighted by atomic mass is 16.3. The van der Waals surface area contributed by atoms with Crippen LogP contribution in [0.4, 0.5) is 5.69 Å². The van der Waals surface area contributed by atoms with Gasteiger partial charge in [-0.3, -0.25) is 0 Å². The molecule has 0 aliphatic heterocycles. The first-order valence-electron chi connectivity index (χ1n) is 4.40. The van der Waals surface area contributed by atoms with E-state index in [9.17, 15) is 0 Å². The van der Waals surface area contributed by atoms with Crippen LogP contribution in [0.1, 0.15) is 50.9 Å². The topological polar surface area (TPSA) is 39.2 Å². The second kappa shape index (κ2) is 3.21. The first-order valence-corrected chi connectivity index (χ1v) is 4.40. The van der Waals surface area contributed by atoms with Gasteiger partial charge in [0.05, 0.1) is 12.0 Å². The van der Waals surface area contributed by atoms with Gasteiger partial charge in [-0.25, -0.2) is 0 Å². The molecule has 0 aliphatic rings. The largest absolute Gasteiger partial charge is 0.467 e. The van der Waals surface area contributed by atoms with E-state index in [0.717, 1.165) is 17.0 Å². The maximum absolute atomic E-state index is 5.91. The molecule has 0 radical (unpaired) electrons. The Bertz CT molecular complexity index is 235. The Hall–Kier alpha value is -0.920. The first kappa shape index (κ1) is 9.17. The summed E-state index contributed by atoms with van der Waals surface area (Å²) in [6.07, 6.45) is 1.77. The molecule has 12 heavy (non-hydrogen) atoms. The number of rotatable bonds is 2. The van der Waals surface area contributed by atoms with E-state index in [2.05, 4.69) is 27.7 Å². The van der Waals surface area contributed by atoms with Crippen LogP contribution in [-0.4, -0.2) is 0 Å². The summed E-state index contributed by atoms with van der Waals surface area (Å²) in [4.78, 5) is 0. The third-order valence-electron chi connectivity index (χ3n) is 2.04. The van der Waals surface area contributed by atoms with E-state index in [-0.39, 0.29) is 0 Å². The molecular weight excluding hydrogens is 150 g/mol. The molecule has 0 saturated carbocycles. The van der Waals surface area contributed by atoms with Crippen molar-refractivity contribution < 1.29 is 4.42 Å². The molecule has 0 unspecified atom stereocenters. The number of hydrogen-bond donors (Lipinski definition) is 1. The van der Waals surface area contributed by atoms with Gasteiger partial charge in [0.15, 0.2) is 0 Å². The number of nitrogen functional groups attached to an aromatic ring is 1. The van der Waals surface area contributed by atoms with Gasteiger partial charge in [-0.1, -0.05) is 27.7 Å². The van der Waals surface area contributed by atoms with E-state index < -0.39 is 0 Å². The highest BCUT2D eigenvalue weighted by Crippen LogP contribution is 2.31. The van der Waals surface area contributed by atoms with Crippen LogP contribution in [0.5, 0.6) is 0 Å². The summed E-state index contributed by atoms with van der Waals surface area (Å²) in [6, 6.07) is 0. The molecule has 0 bridgehead atoms. The van der Waals surface area contributed by atoms with Crippen molar-refractivity contribution in [3.05, 3.63) is 17.6 Å². The highest BCUT2D eigenvalue weighted by molar-refractivity contribution is 5.51. The van der Waals surface area contributed by atoms with Gasteiger partial charge in [0, 0.05) is 11.5 Å². The molecule has 68 valence electrons. The van der Waals surface area contributed by atoms with Gasteiger partial charge >= 0.3 is 0 Å². The molecule has 1 rings (SSSR count). The van der Waals surface area contributed by atoms with Crippen LogP contribution in [-0.2, 0) is 0 Å². The Morgan fingerprint density at radius 2 is 1.75 bits per heavy atom. The van der Waals surface area contributed by atoms with Gasteiger partial charge in [0.25, 0.3) is 0 Å². The van der Waals surface area contributed by atoms with E-state index in [1.165, 1.54) is 0 Å². The van der Waals surface area contributed by atoms with Crippen LogP contribution in [0.25, 0.3) is 0 Å². The van der Waals surface area contributed by atoms with E-state index in [1.54, 1.807) is 6.26 Å². The summed E-state index contributed by atoms with van der Waals surface area (Å²) in [7, 11) is 0. The van der Waals surface area contributed by atoms with Crippen molar-refractivity contribution >= 4 is 5.69 Å². The van der Waals surface area contributed by atoms with Gasteiger partial charge in [-0.15, -0.1) is 0 Å². The van der Waals surface area contributed by atoms with E-state index in [1.807, 2.05) is 0 Å². The van der Waals surface area contributed by atoms with E-state index in [4.69, 9.17) is 10.2 Å². The summed E-state index contributed by atoms with van der Waals surface area (Å²) in [5.74, 6) is 1.73. The zero-order valence-corrected chi connectivity index (χ0v) is 8.22. The summed E-state index contributed by atoms with van der Waals surface area (Å²) >= 11 is 0. The quantitative estimate of drug-likeness (QED) is 0.735. The van der Waals surface area contributed by atoms with Gasteiger partial charge < -0.3 is 10.2 Å². The molecule has 2 N–H and O–H groups in total. The third kappa shape index (κ3) is 1.47. The fourth-order valence-corrected chi connectivity index (χ4v) is 1.29. The SMILES string of the molecule is CC(C)c1coc(C(C)C)c1N. The minimum atomic E-state index is 0.373. The van der Waals surface area contributed by atoms with Crippen molar-refractivity contribution in [2.45, 2.75) is 39.5 Å². The van der Waals surface area contributed by atoms with Crippen LogP contribution in [0.15, 0.2) is 10.7 Å². The van der Waals surface area contributed by atoms with Crippen molar-refractivity contribution in [3.63, 3.8) is 0 Å². The normalized spacial score (nSPS) is 11.5. The average molecular weight is 167 g/mol. The Balaban J connectivity index is 3.04. The van der Waals surface area contributed by atoms with Crippen LogP contribution in [0.3, 0.4) is 0 Å². The van der Waals surface area contributed by atoms with Crippen LogP contribution >= 0.6 is 0 Å². The van der Waals surface area contributed by atoms with Crippen LogP contribution in [0.2, 0.25) is 0 Å². The van der Waals surface area contributed by atoms with Crippen molar-refractivity contribution in [2.24, 2.45) is 0 Å². The smallest absolute Gasteiger partial charge is 0.129 e. The molecular formula is C10H17NO. The number of hydrogen-bond acceptors (Lipinski definition) is 2. The molecule has 0 fully saturated rings. The Labute approximate surface area is 73.8 Å². The van der Waals surface area contributed by atoms with Crippen LogP contribution < -0.4 is 5.73 Å². The van der Waals surface area contributed by atoms with Gasteiger partial charge in [-0.2, -0.15) is 0 Å². The molecule has 0 atom stereocenters. The third-order valence-corrected chi connectivity index (χ3v) is 2.04. The molecule has 0 amide bonds. The Morgan fingerprint density at radius 3 is 2.00 bits per heavy atom. The molecule has 1 heterocycles. The van der Waals surface area contributed by atoms with E-state index in [0.29, 0.717) is 11.8 Å². The summed E-state index contributed by atoms with van der Waals surface area (Å²) in [5.41, 5.74) is 7.87. The van der Waals surface area contributed by atoms with Crippen LogP contribution in [0, 0.1) is 0 Å². The molecule has 0 aromatic carbocycles. The van der Waals surface area contributed by atoms with Crippen molar-refractivity contribution in [1.82, 2.24) is 0 Å². The summed E-state index contributed by atoms with van der Waals surface area (Å²) in [5, 5.41) is 0. The lowest BCUT2D eigenvalue weighted by atomic mass is 10.0. The van der Waals surface area contributed by atoms with Gasteiger partial charge in [0.2, 0.25) is 0 Å². The fourth-order valence-electron chi connectivity index (χ4n) is 1.29.